The zero-order valence-corrected chi connectivity index (χ0v) is 11.9. The molecule has 1 N–H and O–H groups in total. The predicted molar refractivity (Wildman–Crippen MR) is 67.4 cm³/mol. The molecule has 98 valence electrons. The first-order chi connectivity index (χ1) is 7.48. The third-order valence-electron chi connectivity index (χ3n) is 3.67. The Hall–Kier alpha value is -1.06. The quantitative estimate of drug-likeness (QED) is 0.756. The molecule has 0 aromatic heterocycles. The van der Waals surface area contributed by atoms with Gasteiger partial charge in [0.25, 0.3) is 0 Å². The van der Waals surface area contributed by atoms with Crippen molar-refractivity contribution in [1.29, 1.82) is 0 Å². The van der Waals surface area contributed by atoms with E-state index in [0.717, 1.165) is 0 Å². The summed E-state index contributed by atoms with van der Waals surface area (Å²) in [6.07, 6.45) is 0. The molecule has 4 heteroatoms. The molecule has 0 saturated carbocycles. The molecule has 0 radical (unpaired) electrons. The molecular formula is C13H24N2O2. The third kappa shape index (κ3) is 2.45. The van der Waals surface area contributed by atoms with Crippen LogP contribution in [0.25, 0.3) is 0 Å². The standard InChI is InChI=1S/C13H24N2O2/c1-8-10(16)14-13(6,7)11(17)15(8)9(2)12(3,4)5/h8-9H,1-7H3,(H,14,16). The van der Waals surface area contributed by atoms with Crippen LogP contribution < -0.4 is 5.32 Å². The van der Waals surface area contributed by atoms with Crippen molar-refractivity contribution in [3.63, 3.8) is 0 Å². The first kappa shape index (κ1) is 14.0. The highest BCUT2D eigenvalue weighted by atomic mass is 16.2. The van der Waals surface area contributed by atoms with Gasteiger partial charge in [0.1, 0.15) is 11.6 Å². The Morgan fingerprint density at radius 2 is 1.76 bits per heavy atom. The van der Waals surface area contributed by atoms with E-state index in [1.807, 2.05) is 6.92 Å². The SMILES string of the molecule is CC1C(=O)NC(C)(C)C(=O)N1C(C)C(C)(C)C. The van der Waals surface area contributed by atoms with Crippen LogP contribution in [0.4, 0.5) is 0 Å². The number of nitrogens with one attached hydrogen (secondary N) is 1. The van der Waals surface area contributed by atoms with E-state index in [2.05, 4.69) is 26.1 Å². The van der Waals surface area contributed by atoms with E-state index in [0.29, 0.717) is 0 Å². The number of hydrogen-bond donors (Lipinski definition) is 1. The van der Waals surface area contributed by atoms with Crippen LogP contribution in [0.3, 0.4) is 0 Å². The van der Waals surface area contributed by atoms with Gasteiger partial charge < -0.3 is 10.2 Å². The number of rotatable bonds is 1. The second kappa shape index (κ2) is 4.00. The summed E-state index contributed by atoms with van der Waals surface area (Å²) >= 11 is 0. The lowest BCUT2D eigenvalue weighted by Crippen LogP contribution is -2.70. The van der Waals surface area contributed by atoms with Crippen LogP contribution in [0, 0.1) is 5.41 Å². The molecule has 17 heavy (non-hydrogen) atoms. The minimum atomic E-state index is -0.802. The van der Waals surface area contributed by atoms with Gasteiger partial charge in [-0.3, -0.25) is 9.59 Å². The van der Waals surface area contributed by atoms with Crippen LogP contribution in [0.1, 0.15) is 48.5 Å². The predicted octanol–water partition coefficient (Wildman–Crippen LogP) is 1.55. The largest absolute Gasteiger partial charge is 0.340 e. The molecule has 0 aromatic rings. The number of piperazine rings is 1. The molecule has 0 spiro atoms. The van der Waals surface area contributed by atoms with Crippen LogP contribution in [0.5, 0.6) is 0 Å². The smallest absolute Gasteiger partial charge is 0.248 e. The van der Waals surface area contributed by atoms with Crippen molar-refractivity contribution in [3.8, 4) is 0 Å². The Labute approximate surface area is 104 Å². The lowest BCUT2D eigenvalue weighted by Gasteiger charge is -2.48. The van der Waals surface area contributed by atoms with Gasteiger partial charge in [0, 0.05) is 6.04 Å². The monoisotopic (exact) mass is 240 g/mol. The maximum Gasteiger partial charge on any atom is 0.248 e. The Morgan fingerprint density at radius 1 is 1.29 bits per heavy atom. The van der Waals surface area contributed by atoms with Gasteiger partial charge in [-0.05, 0) is 33.1 Å². The van der Waals surface area contributed by atoms with Gasteiger partial charge in [0.2, 0.25) is 11.8 Å². The van der Waals surface area contributed by atoms with Crippen LogP contribution in [-0.2, 0) is 9.59 Å². The fourth-order valence-electron chi connectivity index (χ4n) is 2.02. The maximum absolute atomic E-state index is 12.4. The van der Waals surface area contributed by atoms with Crippen molar-refractivity contribution in [2.75, 3.05) is 0 Å². The van der Waals surface area contributed by atoms with Gasteiger partial charge in [-0.25, -0.2) is 0 Å². The topological polar surface area (TPSA) is 49.4 Å². The number of amides is 2. The molecule has 0 aromatic carbocycles. The fourth-order valence-corrected chi connectivity index (χ4v) is 2.02. The molecule has 1 aliphatic heterocycles. The molecule has 1 saturated heterocycles. The number of hydrogen-bond acceptors (Lipinski definition) is 2. The van der Waals surface area contributed by atoms with Gasteiger partial charge >= 0.3 is 0 Å². The van der Waals surface area contributed by atoms with Crippen LogP contribution in [0.15, 0.2) is 0 Å². The summed E-state index contributed by atoms with van der Waals surface area (Å²) < 4.78 is 0. The molecule has 1 heterocycles. The molecule has 0 bridgehead atoms. The lowest BCUT2D eigenvalue weighted by atomic mass is 9.84. The molecule has 1 fully saturated rings. The average Bonchev–Trinajstić information content (AvgIpc) is 2.13. The second-order valence-corrected chi connectivity index (χ2v) is 6.54. The summed E-state index contributed by atoms with van der Waals surface area (Å²) in [7, 11) is 0. The Kier molecular flexibility index (Phi) is 3.29. The highest BCUT2D eigenvalue weighted by Gasteiger charge is 2.47. The highest BCUT2D eigenvalue weighted by molar-refractivity contribution is 5.99. The number of carbonyl (C=O) groups is 2. The summed E-state index contributed by atoms with van der Waals surface area (Å²) in [4.78, 5) is 26.0. The molecule has 2 atom stereocenters. The van der Waals surface area contributed by atoms with E-state index in [4.69, 9.17) is 0 Å². The van der Waals surface area contributed by atoms with E-state index in [1.54, 1.807) is 25.7 Å². The molecule has 0 aliphatic carbocycles. The molecule has 2 amide bonds. The van der Waals surface area contributed by atoms with E-state index in [1.165, 1.54) is 0 Å². The summed E-state index contributed by atoms with van der Waals surface area (Å²) in [6.45, 7) is 13.5. The summed E-state index contributed by atoms with van der Waals surface area (Å²) in [5, 5.41) is 2.76. The van der Waals surface area contributed by atoms with Gasteiger partial charge in [-0.2, -0.15) is 0 Å². The fraction of sp³-hybridized carbons (Fsp3) is 0.846. The molecule has 1 aliphatic rings. The van der Waals surface area contributed by atoms with Gasteiger partial charge in [-0.1, -0.05) is 20.8 Å². The van der Waals surface area contributed by atoms with Crippen molar-refractivity contribution in [3.05, 3.63) is 0 Å². The highest BCUT2D eigenvalue weighted by Crippen LogP contribution is 2.29. The zero-order valence-electron chi connectivity index (χ0n) is 11.9. The van der Waals surface area contributed by atoms with Crippen LogP contribution in [-0.4, -0.2) is 34.3 Å². The first-order valence-corrected chi connectivity index (χ1v) is 6.13. The van der Waals surface area contributed by atoms with Crippen LogP contribution in [0.2, 0.25) is 0 Å². The third-order valence-corrected chi connectivity index (χ3v) is 3.67. The lowest BCUT2D eigenvalue weighted by molar-refractivity contribution is -0.157. The minimum absolute atomic E-state index is 0.00738. The van der Waals surface area contributed by atoms with Crippen molar-refractivity contribution in [2.45, 2.75) is 66.1 Å². The average molecular weight is 240 g/mol. The zero-order chi connectivity index (χ0) is 13.6. The Morgan fingerprint density at radius 3 is 2.18 bits per heavy atom. The summed E-state index contributed by atoms with van der Waals surface area (Å²) in [5.74, 6) is -0.0854. The first-order valence-electron chi connectivity index (χ1n) is 6.13. The van der Waals surface area contributed by atoms with E-state index in [9.17, 15) is 9.59 Å². The molecule has 4 nitrogen and oxygen atoms in total. The Bertz CT molecular complexity index is 342. The molecule has 1 rings (SSSR count). The van der Waals surface area contributed by atoms with Crippen LogP contribution >= 0.6 is 0 Å². The van der Waals surface area contributed by atoms with Crippen molar-refractivity contribution >= 4 is 11.8 Å². The van der Waals surface area contributed by atoms with E-state index < -0.39 is 11.6 Å². The van der Waals surface area contributed by atoms with Gasteiger partial charge in [0.15, 0.2) is 0 Å². The van der Waals surface area contributed by atoms with Crippen molar-refractivity contribution < 1.29 is 9.59 Å². The summed E-state index contributed by atoms with van der Waals surface area (Å²) in [5.41, 5.74) is -0.847. The number of nitrogens with zero attached hydrogens (tertiary/aromatic N) is 1. The van der Waals surface area contributed by atoms with Gasteiger partial charge in [0.05, 0.1) is 0 Å². The van der Waals surface area contributed by atoms with E-state index in [-0.39, 0.29) is 23.3 Å². The Balaban J connectivity index is 3.11. The second-order valence-electron chi connectivity index (χ2n) is 6.54. The number of carbonyl (C=O) groups excluding carboxylic acids is 2. The van der Waals surface area contributed by atoms with Gasteiger partial charge in [-0.15, -0.1) is 0 Å². The van der Waals surface area contributed by atoms with E-state index >= 15 is 0 Å². The minimum Gasteiger partial charge on any atom is -0.340 e. The normalized spacial score (nSPS) is 26.8. The molecule has 2 unspecified atom stereocenters. The van der Waals surface area contributed by atoms with Crippen molar-refractivity contribution in [2.24, 2.45) is 5.41 Å². The van der Waals surface area contributed by atoms with Crippen molar-refractivity contribution in [1.82, 2.24) is 10.2 Å². The molecular weight excluding hydrogens is 216 g/mol. The maximum atomic E-state index is 12.4. The summed E-state index contributed by atoms with van der Waals surface area (Å²) in [6, 6.07) is -0.375.